The van der Waals surface area contributed by atoms with Crippen molar-refractivity contribution in [1.82, 2.24) is 19.9 Å². The number of amides is 2. The van der Waals surface area contributed by atoms with E-state index in [4.69, 9.17) is 14.4 Å². The van der Waals surface area contributed by atoms with Gasteiger partial charge in [0, 0.05) is 30.8 Å². The van der Waals surface area contributed by atoms with Crippen LogP contribution in [-0.2, 0) is 11.3 Å². The van der Waals surface area contributed by atoms with Crippen molar-refractivity contribution >= 4 is 12.0 Å². The van der Waals surface area contributed by atoms with Gasteiger partial charge in [-0.2, -0.15) is 4.98 Å². The normalized spacial score (nSPS) is 22.1. The minimum absolute atomic E-state index is 0.0364. The van der Waals surface area contributed by atoms with E-state index in [2.05, 4.69) is 10.1 Å². The van der Waals surface area contributed by atoms with Crippen LogP contribution in [0.25, 0.3) is 11.5 Å². The molecule has 0 radical (unpaired) electrons. The molecule has 31 heavy (non-hydrogen) atoms. The molecule has 0 spiro atoms. The van der Waals surface area contributed by atoms with Gasteiger partial charge in [0.05, 0.1) is 6.10 Å². The molecule has 2 aliphatic rings. The van der Waals surface area contributed by atoms with Gasteiger partial charge in [-0.05, 0) is 56.9 Å². The van der Waals surface area contributed by atoms with Crippen molar-refractivity contribution in [2.24, 2.45) is 0 Å². The molecular weight excluding hydrogens is 404 g/mol. The van der Waals surface area contributed by atoms with Gasteiger partial charge in [0.2, 0.25) is 0 Å². The maximum atomic E-state index is 12.7. The van der Waals surface area contributed by atoms with Crippen LogP contribution >= 0.6 is 0 Å². The monoisotopic (exact) mass is 430 g/mol. The first-order chi connectivity index (χ1) is 14.8. The fraction of sp³-hybridized carbons (Fsp3) is 0.524. The summed E-state index contributed by atoms with van der Waals surface area (Å²) in [6, 6.07) is 6.83. The molecule has 1 aromatic carbocycles. The van der Waals surface area contributed by atoms with Gasteiger partial charge >= 0.3 is 6.09 Å². The lowest BCUT2D eigenvalue weighted by Gasteiger charge is -2.30. The van der Waals surface area contributed by atoms with Crippen LogP contribution in [-0.4, -0.2) is 73.6 Å². The van der Waals surface area contributed by atoms with Crippen LogP contribution in [0.2, 0.25) is 0 Å². The van der Waals surface area contributed by atoms with E-state index in [-0.39, 0.29) is 18.6 Å². The number of carboxylic acid groups (broad SMARTS) is 1. The Morgan fingerprint density at radius 1 is 1.23 bits per heavy atom. The Morgan fingerprint density at radius 2 is 1.94 bits per heavy atom. The maximum Gasteiger partial charge on any atom is 0.407 e. The summed E-state index contributed by atoms with van der Waals surface area (Å²) in [5.74, 6) is 0.526. The van der Waals surface area contributed by atoms with Crippen LogP contribution in [0.15, 0.2) is 28.8 Å². The predicted molar refractivity (Wildman–Crippen MR) is 108 cm³/mol. The van der Waals surface area contributed by atoms with Gasteiger partial charge in [-0.3, -0.25) is 4.79 Å². The van der Waals surface area contributed by atoms with Gasteiger partial charge in [0.25, 0.3) is 11.8 Å². The third-order valence-corrected chi connectivity index (χ3v) is 5.87. The smallest absolute Gasteiger partial charge is 0.407 e. The summed E-state index contributed by atoms with van der Waals surface area (Å²) in [4.78, 5) is 30.8. The number of piperidine rings is 1. The van der Waals surface area contributed by atoms with Crippen LogP contribution in [0.1, 0.15) is 48.8 Å². The summed E-state index contributed by atoms with van der Waals surface area (Å²) in [5.41, 5.74) is 0.0569. The molecule has 2 aromatic rings. The average Bonchev–Trinajstić information content (AvgIpc) is 3.38. The predicted octanol–water partition coefficient (Wildman–Crippen LogP) is 2.34. The molecule has 2 N–H and O–H groups in total. The zero-order chi connectivity index (χ0) is 22.0. The SMILES string of the molecule is C[C@@]1(O)CCCN1C(=O)c1ccc(-c2nc(COC3CCN(C(=O)O)CC3)no2)cc1. The van der Waals surface area contributed by atoms with Crippen molar-refractivity contribution in [3.8, 4) is 11.5 Å². The van der Waals surface area contributed by atoms with Gasteiger partial charge in [0.15, 0.2) is 5.82 Å². The molecule has 2 amide bonds. The molecule has 0 bridgehead atoms. The minimum atomic E-state index is -1.11. The second kappa shape index (κ2) is 8.64. The molecule has 10 heteroatoms. The van der Waals surface area contributed by atoms with Gasteiger partial charge in [-0.25, -0.2) is 4.79 Å². The molecule has 166 valence electrons. The first-order valence-electron chi connectivity index (χ1n) is 10.4. The third-order valence-electron chi connectivity index (χ3n) is 5.87. The summed E-state index contributed by atoms with van der Waals surface area (Å²) in [6.07, 6.45) is 1.68. The van der Waals surface area contributed by atoms with E-state index in [0.717, 1.165) is 6.42 Å². The number of rotatable bonds is 5. The number of ether oxygens (including phenoxy) is 1. The van der Waals surface area contributed by atoms with E-state index < -0.39 is 11.8 Å². The summed E-state index contributed by atoms with van der Waals surface area (Å²) < 4.78 is 11.1. The van der Waals surface area contributed by atoms with Crippen molar-refractivity contribution < 1.29 is 29.1 Å². The van der Waals surface area contributed by atoms with Crippen LogP contribution < -0.4 is 0 Å². The van der Waals surface area contributed by atoms with Crippen molar-refractivity contribution in [3.63, 3.8) is 0 Å². The van der Waals surface area contributed by atoms with E-state index in [9.17, 15) is 14.7 Å². The molecule has 1 atom stereocenters. The lowest BCUT2D eigenvalue weighted by molar-refractivity contribution is -0.0469. The molecular formula is C21H26N4O6. The summed E-state index contributed by atoms with van der Waals surface area (Å²) in [5, 5.41) is 23.3. The molecule has 0 aliphatic carbocycles. The highest BCUT2D eigenvalue weighted by atomic mass is 16.5. The Morgan fingerprint density at radius 3 is 2.55 bits per heavy atom. The number of carbonyl (C=O) groups is 2. The standard InChI is InChI=1S/C21H26N4O6/c1-21(29)9-2-10-25(21)19(26)15-5-3-14(4-6-15)18-22-17(23-31-18)13-30-16-7-11-24(12-8-16)20(27)28/h3-6,16,29H,2,7-13H2,1H3,(H,27,28)/t21-/m1/s1. The summed E-state index contributed by atoms with van der Waals surface area (Å²) >= 11 is 0. The molecule has 4 rings (SSSR count). The fourth-order valence-corrected chi connectivity index (χ4v) is 4.02. The summed E-state index contributed by atoms with van der Waals surface area (Å²) in [6.45, 7) is 3.28. The van der Waals surface area contributed by atoms with Crippen molar-refractivity contribution in [1.29, 1.82) is 0 Å². The Balaban J connectivity index is 1.33. The van der Waals surface area contributed by atoms with E-state index in [0.29, 0.717) is 61.7 Å². The van der Waals surface area contributed by atoms with Crippen LogP contribution in [0, 0.1) is 0 Å². The number of aromatic nitrogens is 2. The highest BCUT2D eigenvalue weighted by Gasteiger charge is 2.37. The molecule has 10 nitrogen and oxygen atoms in total. The molecule has 2 aliphatic heterocycles. The number of carbonyl (C=O) groups excluding carboxylic acids is 1. The number of hydrogen-bond acceptors (Lipinski definition) is 7. The lowest BCUT2D eigenvalue weighted by Crippen LogP contribution is -2.44. The Labute approximate surface area is 179 Å². The van der Waals surface area contributed by atoms with E-state index in [1.165, 1.54) is 9.80 Å². The molecule has 2 fully saturated rings. The summed E-state index contributed by atoms with van der Waals surface area (Å²) in [7, 11) is 0. The van der Waals surface area contributed by atoms with E-state index >= 15 is 0 Å². The topological polar surface area (TPSA) is 129 Å². The second-order valence-corrected chi connectivity index (χ2v) is 8.15. The Kier molecular flexibility index (Phi) is 5.92. The maximum absolute atomic E-state index is 12.7. The number of likely N-dealkylation sites (tertiary alicyclic amines) is 2. The number of benzene rings is 1. The van der Waals surface area contributed by atoms with Gasteiger partial charge in [-0.1, -0.05) is 5.16 Å². The van der Waals surface area contributed by atoms with E-state index in [1.54, 1.807) is 31.2 Å². The molecule has 0 saturated carbocycles. The first-order valence-corrected chi connectivity index (χ1v) is 10.4. The number of aliphatic hydroxyl groups is 1. The Hall–Kier alpha value is -2.98. The van der Waals surface area contributed by atoms with Crippen LogP contribution in [0.4, 0.5) is 4.79 Å². The molecule has 1 aromatic heterocycles. The molecule has 0 unspecified atom stereocenters. The quantitative estimate of drug-likeness (QED) is 0.739. The van der Waals surface area contributed by atoms with Gasteiger partial charge in [-0.15, -0.1) is 0 Å². The zero-order valence-electron chi connectivity index (χ0n) is 17.4. The first kappa shape index (κ1) is 21.3. The van der Waals surface area contributed by atoms with Crippen molar-refractivity contribution in [2.45, 2.75) is 51.0 Å². The Bertz CT molecular complexity index is 934. The number of hydrogen-bond donors (Lipinski definition) is 2. The highest BCUT2D eigenvalue weighted by molar-refractivity contribution is 5.95. The number of nitrogens with zero attached hydrogens (tertiary/aromatic N) is 4. The van der Waals surface area contributed by atoms with Gasteiger partial charge in [0.1, 0.15) is 12.3 Å². The van der Waals surface area contributed by atoms with Crippen LogP contribution in [0.3, 0.4) is 0 Å². The molecule has 3 heterocycles. The highest BCUT2D eigenvalue weighted by Crippen LogP contribution is 2.28. The second-order valence-electron chi connectivity index (χ2n) is 8.15. The lowest BCUT2D eigenvalue weighted by atomic mass is 10.1. The molecule has 2 saturated heterocycles. The van der Waals surface area contributed by atoms with Crippen molar-refractivity contribution in [3.05, 3.63) is 35.7 Å². The third kappa shape index (κ3) is 4.70. The largest absolute Gasteiger partial charge is 0.465 e. The zero-order valence-corrected chi connectivity index (χ0v) is 17.4. The van der Waals surface area contributed by atoms with Crippen molar-refractivity contribution in [2.75, 3.05) is 19.6 Å². The van der Waals surface area contributed by atoms with E-state index in [1.807, 2.05) is 0 Å². The average molecular weight is 430 g/mol. The minimum Gasteiger partial charge on any atom is -0.465 e. The van der Waals surface area contributed by atoms with Crippen LogP contribution in [0.5, 0.6) is 0 Å². The van der Waals surface area contributed by atoms with Gasteiger partial charge < -0.3 is 29.3 Å². The fourth-order valence-electron chi connectivity index (χ4n) is 4.02.